The number of carbonyl (C=O) groups excluding carboxylic acids is 3. The molecule has 0 fully saturated rings. The van der Waals surface area contributed by atoms with Crippen LogP contribution in [0.3, 0.4) is 0 Å². The molecule has 0 aliphatic carbocycles. The average Bonchev–Trinajstić information content (AvgIpc) is 3.46. The van der Waals surface area contributed by atoms with E-state index in [9.17, 15) is 19.5 Å². The van der Waals surface area contributed by atoms with Crippen LogP contribution < -0.4 is 5.11 Å². The van der Waals surface area contributed by atoms with Crippen molar-refractivity contribution in [2.45, 2.75) is 360 Å². The van der Waals surface area contributed by atoms with Gasteiger partial charge in [0.1, 0.15) is 13.2 Å². The Bertz CT molecular complexity index is 1500. The molecule has 9 nitrogen and oxygen atoms in total. The van der Waals surface area contributed by atoms with Crippen molar-refractivity contribution in [1.82, 2.24) is 0 Å². The number of hydrogen-bond acceptors (Lipinski definition) is 8. The van der Waals surface area contributed by atoms with E-state index in [0.717, 1.165) is 64.2 Å². The maximum atomic E-state index is 12.9. The molecule has 83 heavy (non-hydrogen) atoms. The minimum Gasteiger partial charge on any atom is -0.545 e. The van der Waals surface area contributed by atoms with Gasteiger partial charge in [-0.2, -0.15) is 0 Å². The van der Waals surface area contributed by atoms with Gasteiger partial charge in [-0.15, -0.1) is 0 Å². The molecule has 0 radical (unpaired) electrons. The highest BCUT2D eigenvalue weighted by atomic mass is 16.7. The molecule has 0 N–H and O–H groups in total. The number of unbranched alkanes of at least 4 members (excludes halogenated alkanes) is 44. The lowest BCUT2D eigenvalue weighted by Crippen LogP contribution is -2.44. The van der Waals surface area contributed by atoms with E-state index in [1.165, 1.54) is 257 Å². The third-order valence-corrected chi connectivity index (χ3v) is 16.1. The van der Waals surface area contributed by atoms with Crippen molar-refractivity contribution in [3.8, 4) is 0 Å². The number of likely N-dealkylation sites (N-methyl/N-ethyl adjacent to an activating group) is 1. The second-order valence-corrected chi connectivity index (χ2v) is 25.5. The Hall–Kier alpha value is -2.75. The van der Waals surface area contributed by atoms with Gasteiger partial charge >= 0.3 is 11.9 Å². The standard InChI is InChI=1S/C74H137NO8/c1-6-8-10-12-14-16-18-20-22-24-26-28-30-31-32-33-34-35-36-37-38-39-40-41-43-45-47-49-51-53-55-57-59-61-63-65-72(77)83-70(69-82-74(73(78)79)80-67-66-75(3,4)5)68-81-71(76)64-62-60-58-56-54-52-50-48-46-44-42-29-27-25-23-21-19-17-15-13-11-9-7-2/h8,10,14,16,20,22,26,28,70,74H,6-7,9,11-13,15,17-19,21,23-25,27,29-69H2,1-5H3/b10-8-,16-14-,22-20-,28-26-. The SMILES string of the molecule is CC/C=C\C/C=C\C/C=C\C/C=C\CCCCCCCCCCCCCCCCCCCCCCCCC(=O)OC(COC(=O)CCCCCCCCCCCCCCCCCCCCCCCCC)COC(OCC[N+](C)(C)C)C(=O)[O-]. The van der Waals surface area contributed by atoms with Gasteiger partial charge < -0.3 is 33.3 Å². The van der Waals surface area contributed by atoms with Crippen LogP contribution in [0, 0.1) is 0 Å². The van der Waals surface area contributed by atoms with Gasteiger partial charge in [-0.1, -0.05) is 332 Å². The second kappa shape index (κ2) is 65.2. The average molecular weight is 1170 g/mol. The number of allylic oxidation sites excluding steroid dienone is 8. The first-order valence-electron chi connectivity index (χ1n) is 35.8. The summed E-state index contributed by atoms with van der Waals surface area (Å²) in [4.78, 5) is 37.5. The van der Waals surface area contributed by atoms with Crippen LogP contribution in [0.4, 0.5) is 0 Å². The van der Waals surface area contributed by atoms with E-state index in [1.807, 2.05) is 21.1 Å². The molecule has 0 rings (SSSR count). The summed E-state index contributed by atoms with van der Waals surface area (Å²) >= 11 is 0. The Balaban J connectivity index is 4.02. The Morgan fingerprint density at radius 1 is 0.373 bits per heavy atom. The van der Waals surface area contributed by atoms with Crippen LogP contribution in [-0.2, 0) is 33.3 Å². The molecule has 9 heteroatoms. The zero-order chi connectivity index (χ0) is 60.5. The van der Waals surface area contributed by atoms with Crippen LogP contribution in [0.25, 0.3) is 0 Å². The molecule has 0 bridgehead atoms. The fourth-order valence-electron chi connectivity index (χ4n) is 10.7. The van der Waals surface area contributed by atoms with Crippen LogP contribution in [-0.4, -0.2) is 82.3 Å². The number of carbonyl (C=O) groups is 3. The predicted molar refractivity (Wildman–Crippen MR) is 352 cm³/mol. The number of nitrogens with zero attached hydrogens (tertiary/aromatic N) is 1. The molecule has 0 saturated heterocycles. The highest BCUT2D eigenvalue weighted by Crippen LogP contribution is 2.19. The quantitative estimate of drug-likeness (QED) is 0.0195. The van der Waals surface area contributed by atoms with E-state index in [0.29, 0.717) is 17.4 Å². The van der Waals surface area contributed by atoms with E-state index in [-0.39, 0.29) is 32.2 Å². The summed E-state index contributed by atoms with van der Waals surface area (Å²) in [6.45, 7) is 4.71. The third-order valence-electron chi connectivity index (χ3n) is 16.1. The van der Waals surface area contributed by atoms with Crippen molar-refractivity contribution in [2.75, 3.05) is 47.5 Å². The monoisotopic (exact) mass is 1170 g/mol. The lowest BCUT2D eigenvalue weighted by Gasteiger charge is -2.26. The first-order chi connectivity index (χ1) is 40.6. The van der Waals surface area contributed by atoms with Crippen LogP contribution in [0.1, 0.15) is 348 Å². The first-order valence-corrected chi connectivity index (χ1v) is 35.8. The van der Waals surface area contributed by atoms with Crippen molar-refractivity contribution in [2.24, 2.45) is 0 Å². The van der Waals surface area contributed by atoms with Crippen molar-refractivity contribution in [1.29, 1.82) is 0 Å². The minimum absolute atomic E-state index is 0.151. The number of hydrogen-bond donors (Lipinski definition) is 0. The predicted octanol–water partition coefficient (Wildman–Crippen LogP) is 20.8. The molecular weight excluding hydrogens is 1030 g/mol. The van der Waals surface area contributed by atoms with E-state index >= 15 is 0 Å². The zero-order valence-electron chi connectivity index (χ0n) is 55.6. The maximum absolute atomic E-state index is 12.9. The van der Waals surface area contributed by atoms with E-state index < -0.39 is 24.3 Å². The van der Waals surface area contributed by atoms with E-state index in [1.54, 1.807) is 0 Å². The van der Waals surface area contributed by atoms with Gasteiger partial charge in [-0.3, -0.25) is 9.59 Å². The van der Waals surface area contributed by atoms with E-state index in [2.05, 4.69) is 62.5 Å². The van der Waals surface area contributed by atoms with Crippen molar-refractivity contribution in [3.05, 3.63) is 48.6 Å². The van der Waals surface area contributed by atoms with Crippen LogP contribution >= 0.6 is 0 Å². The van der Waals surface area contributed by atoms with Gasteiger partial charge in [0.05, 0.1) is 40.3 Å². The minimum atomic E-state index is -1.62. The number of esters is 2. The summed E-state index contributed by atoms with van der Waals surface area (Å²) < 4.78 is 22.8. The van der Waals surface area contributed by atoms with Crippen molar-refractivity contribution < 1.29 is 42.9 Å². The Kier molecular flexibility index (Phi) is 63.1. The summed E-state index contributed by atoms with van der Waals surface area (Å²) in [6, 6.07) is 0. The molecule has 0 amide bonds. The van der Waals surface area contributed by atoms with Crippen LogP contribution in [0.2, 0.25) is 0 Å². The summed E-state index contributed by atoms with van der Waals surface area (Å²) in [6.07, 6.45) is 80.6. The molecule has 0 heterocycles. The van der Waals surface area contributed by atoms with Crippen LogP contribution in [0.5, 0.6) is 0 Å². The van der Waals surface area contributed by atoms with Gasteiger partial charge in [0, 0.05) is 12.8 Å². The number of carboxylic acids is 1. The molecule has 0 saturated carbocycles. The lowest BCUT2D eigenvalue weighted by molar-refractivity contribution is -0.870. The molecule has 0 aromatic carbocycles. The lowest BCUT2D eigenvalue weighted by atomic mass is 10.0. The molecule has 2 unspecified atom stereocenters. The third kappa shape index (κ3) is 66.6. The largest absolute Gasteiger partial charge is 0.545 e. The Morgan fingerprint density at radius 3 is 1.02 bits per heavy atom. The molecule has 0 aromatic heterocycles. The summed E-state index contributed by atoms with van der Waals surface area (Å²) in [7, 11) is 5.94. The summed E-state index contributed by atoms with van der Waals surface area (Å²) in [5.74, 6) is -2.25. The molecule has 0 aliphatic rings. The number of ether oxygens (including phenoxy) is 4. The first kappa shape index (κ1) is 80.2. The fraction of sp³-hybridized carbons (Fsp3) is 0.851. The van der Waals surface area contributed by atoms with Gasteiger partial charge in [0.2, 0.25) is 0 Å². The highest BCUT2D eigenvalue weighted by molar-refractivity contribution is 5.70. The van der Waals surface area contributed by atoms with Crippen molar-refractivity contribution in [3.63, 3.8) is 0 Å². The van der Waals surface area contributed by atoms with Gasteiger partial charge in [-0.05, 0) is 51.4 Å². The van der Waals surface area contributed by atoms with Crippen LogP contribution in [0.15, 0.2) is 48.6 Å². The van der Waals surface area contributed by atoms with E-state index in [4.69, 9.17) is 18.9 Å². The molecule has 486 valence electrons. The Morgan fingerprint density at radius 2 is 0.687 bits per heavy atom. The smallest absolute Gasteiger partial charge is 0.306 e. The number of carboxylic acid groups (broad SMARTS) is 1. The Labute approximate surface area is 514 Å². The van der Waals surface area contributed by atoms with Gasteiger partial charge in [0.25, 0.3) is 0 Å². The van der Waals surface area contributed by atoms with Crippen molar-refractivity contribution >= 4 is 17.9 Å². The maximum Gasteiger partial charge on any atom is 0.306 e. The number of aliphatic carboxylic acids is 1. The molecule has 0 spiro atoms. The van der Waals surface area contributed by atoms with Gasteiger partial charge in [0.15, 0.2) is 12.4 Å². The van der Waals surface area contributed by atoms with Gasteiger partial charge in [-0.25, -0.2) is 0 Å². The number of quaternary nitrogens is 1. The zero-order valence-corrected chi connectivity index (χ0v) is 55.6. The summed E-state index contributed by atoms with van der Waals surface area (Å²) in [5, 5.41) is 11.8. The molecular formula is C74H137NO8. The number of rotatable bonds is 67. The molecule has 0 aliphatic heterocycles. The normalized spacial score (nSPS) is 12.9. The second-order valence-electron chi connectivity index (χ2n) is 25.5. The highest BCUT2D eigenvalue weighted by Gasteiger charge is 2.22. The summed E-state index contributed by atoms with van der Waals surface area (Å²) in [5.41, 5.74) is 0. The molecule has 2 atom stereocenters. The fourth-order valence-corrected chi connectivity index (χ4v) is 10.7. The topological polar surface area (TPSA) is 111 Å². The molecule has 0 aromatic rings.